The first-order valence-electron chi connectivity index (χ1n) is 5.00. The fraction of sp³-hybridized carbons (Fsp3) is 0.100. The molecule has 0 atom stereocenters. The lowest BCUT2D eigenvalue weighted by Crippen LogP contribution is -2.14. The highest BCUT2D eigenvalue weighted by Crippen LogP contribution is 2.31. The van der Waals surface area contributed by atoms with Crippen LogP contribution in [0.3, 0.4) is 0 Å². The first-order valence-corrected chi connectivity index (χ1v) is 7.68. The van der Waals surface area contributed by atoms with Crippen molar-refractivity contribution in [1.82, 2.24) is 4.98 Å². The van der Waals surface area contributed by atoms with Crippen molar-refractivity contribution in [2.45, 2.75) is 10.4 Å². The lowest BCUT2D eigenvalue weighted by atomic mass is 10.2. The van der Waals surface area contributed by atoms with E-state index in [1.54, 1.807) is 0 Å². The summed E-state index contributed by atoms with van der Waals surface area (Å²) in [5, 5.41) is 0. The molecule has 0 amide bonds. The molecule has 1 N–H and O–H groups in total. The number of nitrogens with zero attached hydrogens (tertiary/aromatic N) is 1. The van der Waals surface area contributed by atoms with E-state index in [0.29, 0.717) is 6.07 Å². The summed E-state index contributed by atoms with van der Waals surface area (Å²) in [6.07, 6.45) is -3.70. The van der Waals surface area contributed by atoms with Crippen LogP contribution < -0.4 is 4.72 Å². The summed E-state index contributed by atoms with van der Waals surface area (Å²) < 4.78 is 63.4. The second-order valence-corrected chi connectivity index (χ2v) is 7.22. The third-order valence-corrected chi connectivity index (χ3v) is 5.22. The molecule has 2 heterocycles. The number of hydrogen-bond donors (Lipinski definition) is 1. The van der Waals surface area contributed by atoms with Crippen molar-refractivity contribution in [3.05, 3.63) is 40.4 Å². The average molecular weight is 343 g/mol. The molecular weight excluding hydrogens is 337 g/mol. The van der Waals surface area contributed by atoms with Gasteiger partial charge in [0.05, 0.1) is 9.90 Å². The van der Waals surface area contributed by atoms with Crippen LogP contribution in [0, 0.1) is 0 Å². The van der Waals surface area contributed by atoms with Crippen molar-refractivity contribution in [3.8, 4) is 0 Å². The number of sulfonamides is 1. The summed E-state index contributed by atoms with van der Waals surface area (Å²) in [6, 6.07) is 4.00. The van der Waals surface area contributed by atoms with E-state index in [1.807, 2.05) is 4.72 Å². The molecule has 0 radical (unpaired) electrons. The molecule has 0 aliphatic carbocycles. The molecule has 0 spiro atoms. The molecule has 0 saturated heterocycles. The Morgan fingerprint density at radius 2 is 1.95 bits per heavy atom. The van der Waals surface area contributed by atoms with Crippen LogP contribution in [0.5, 0.6) is 0 Å². The first-order chi connectivity index (χ1) is 9.18. The Bertz CT molecular complexity index is 728. The molecule has 4 nitrogen and oxygen atoms in total. The monoisotopic (exact) mass is 342 g/mol. The molecule has 2 aromatic rings. The van der Waals surface area contributed by atoms with Gasteiger partial charge in [-0.3, -0.25) is 4.72 Å². The van der Waals surface area contributed by atoms with Gasteiger partial charge in [-0.05, 0) is 24.3 Å². The van der Waals surface area contributed by atoms with Crippen molar-refractivity contribution in [1.29, 1.82) is 0 Å². The quantitative estimate of drug-likeness (QED) is 0.926. The summed E-state index contributed by atoms with van der Waals surface area (Å²) in [4.78, 5) is 3.55. The summed E-state index contributed by atoms with van der Waals surface area (Å²) in [6.45, 7) is 0. The standard InChI is InChI=1S/C10H6ClF3N2O2S2/c11-7-1-2-9(19-7)20(17,18)16-8-5-6(3-4-15-8)10(12,13)14/h1-5H,(H,15,16). The largest absolute Gasteiger partial charge is 0.416 e. The summed E-state index contributed by atoms with van der Waals surface area (Å²) in [7, 11) is -4.00. The molecule has 0 aliphatic heterocycles. The van der Waals surface area contributed by atoms with Gasteiger partial charge in [0.15, 0.2) is 0 Å². The molecular formula is C10H6ClF3N2O2S2. The second-order valence-electron chi connectivity index (χ2n) is 3.59. The van der Waals surface area contributed by atoms with E-state index >= 15 is 0 Å². The van der Waals surface area contributed by atoms with Gasteiger partial charge in [0.1, 0.15) is 10.0 Å². The predicted octanol–water partition coefficient (Wildman–Crippen LogP) is 3.62. The maximum atomic E-state index is 12.5. The molecule has 0 aromatic carbocycles. The van der Waals surface area contributed by atoms with E-state index < -0.39 is 27.6 Å². The van der Waals surface area contributed by atoms with Gasteiger partial charge in [-0.2, -0.15) is 13.2 Å². The Morgan fingerprint density at radius 1 is 1.25 bits per heavy atom. The molecule has 2 aromatic heterocycles. The highest BCUT2D eigenvalue weighted by molar-refractivity contribution is 7.94. The molecule has 0 saturated carbocycles. The number of pyridine rings is 1. The van der Waals surface area contributed by atoms with Gasteiger partial charge in [0.25, 0.3) is 10.0 Å². The van der Waals surface area contributed by atoms with Crippen molar-refractivity contribution in [3.63, 3.8) is 0 Å². The molecule has 2 rings (SSSR count). The summed E-state index contributed by atoms with van der Waals surface area (Å²) in [5.74, 6) is -0.413. The van der Waals surface area contributed by atoms with E-state index in [4.69, 9.17) is 11.6 Å². The topological polar surface area (TPSA) is 59.1 Å². The number of rotatable bonds is 3. The molecule has 108 valence electrons. The number of aromatic nitrogens is 1. The zero-order chi connectivity index (χ0) is 15.0. The number of thiophene rings is 1. The highest BCUT2D eigenvalue weighted by atomic mass is 35.5. The van der Waals surface area contributed by atoms with Gasteiger partial charge < -0.3 is 0 Å². The van der Waals surface area contributed by atoms with Crippen LogP contribution in [0.1, 0.15) is 5.56 Å². The van der Waals surface area contributed by atoms with Gasteiger partial charge in [0.2, 0.25) is 0 Å². The van der Waals surface area contributed by atoms with Crippen molar-refractivity contribution < 1.29 is 21.6 Å². The van der Waals surface area contributed by atoms with E-state index in [-0.39, 0.29) is 8.55 Å². The normalized spacial score (nSPS) is 12.4. The summed E-state index contributed by atoms with van der Waals surface area (Å²) in [5.41, 5.74) is -0.991. The second kappa shape index (κ2) is 5.23. The van der Waals surface area contributed by atoms with Gasteiger partial charge in [-0.1, -0.05) is 11.6 Å². The molecule has 20 heavy (non-hydrogen) atoms. The Balaban J connectivity index is 2.31. The fourth-order valence-electron chi connectivity index (χ4n) is 1.29. The lowest BCUT2D eigenvalue weighted by Gasteiger charge is -2.09. The van der Waals surface area contributed by atoms with E-state index in [9.17, 15) is 21.6 Å². The fourth-order valence-corrected chi connectivity index (χ4v) is 3.77. The number of nitrogens with one attached hydrogen (secondary N) is 1. The maximum absolute atomic E-state index is 12.5. The van der Waals surface area contributed by atoms with E-state index in [0.717, 1.165) is 23.6 Å². The minimum absolute atomic E-state index is 0.110. The average Bonchev–Trinajstić information content (AvgIpc) is 2.75. The third kappa shape index (κ3) is 3.41. The van der Waals surface area contributed by atoms with Gasteiger partial charge in [-0.25, -0.2) is 13.4 Å². The van der Waals surface area contributed by atoms with Crippen LogP contribution in [0.2, 0.25) is 4.34 Å². The Kier molecular flexibility index (Phi) is 3.94. The molecule has 0 aliphatic rings. The van der Waals surface area contributed by atoms with E-state index in [2.05, 4.69) is 4.98 Å². The molecule has 0 bridgehead atoms. The minimum atomic E-state index is -4.57. The first kappa shape index (κ1) is 15.1. The number of hydrogen-bond acceptors (Lipinski definition) is 4. The van der Waals surface area contributed by atoms with Crippen LogP contribution in [-0.4, -0.2) is 13.4 Å². The zero-order valence-electron chi connectivity index (χ0n) is 9.48. The van der Waals surface area contributed by atoms with Crippen LogP contribution in [-0.2, 0) is 16.2 Å². The number of halogens is 4. The minimum Gasteiger partial charge on any atom is -0.263 e. The Hall–Kier alpha value is -1.32. The van der Waals surface area contributed by atoms with Crippen LogP contribution in [0.15, 0.2) is 34.7 Å². The maximum Gasteiger partial charge on any atom is 0.416 e. The molecule has 0 unspecified atom stereocenters. The Labute approximate surface area is 121 Å². The summed E-state index contributed by atoms with van der Waals surface area (Å²) >= 11 is 6.41. The van der Waals surface area contributed by atoms with Gasteiger partial charge in [0, 0.05) is 6.20 Å². The van der Waals surface area contributed by atoms with Crippen LogP contribution in [0.25, 0.3) is 0 Å². The van der Waals surface area contributed by atoms with E-state index in [1.165, 1.54) is 12.1 Å². The third-order valence-electron chi connectivity index (χ3n) is 2.14. The van der Waals surface area contributed by atoms with Crippen molar-refractivity contribution >= 4 is 38.8 Å². The van der Waals surface area contributed by atoms with Crippen molar-refractivity contribution in [2.75, 3.05) is 4.72 Å². The van der Waals surface area contributed by atoms with Crippen LogP contribution >= 0.6 is 22.9 Å². The van der Waals surface area contributed by atoms with Gasteiger partial charge in [-0.15, -0.1) is 11.3 Å². The number of alkyl halides is 3. The van der Waals surface area contributed by atoms with Crippen LogP contribution in [0.4, 0.5) is 19.0 Å². The molecule has 10 heteroatoms. The number of anilines is 1. The van der Waals surface area contributed by atoms with Crippen molar-refractivity contribution in [2.24, 2.45) is 0 Å². The SMILES string of the molecule is O=S(=O)(Nc1cc(C(F)(F)F)ccn1)c1ccc(Cl)s1. The highest BCUT2D eigenvalue weighted by Gasteiger charge is 2.31. The zero-order valence-corrected chi connectivity index (χ0v) is 11.9. The Morgan fingerprint density at radius 3 is 2.50 bits per heavy atom. The van der Waals surface area contributed by atoms with Gasteiger partial charge >= 0.3 is 6.18 Å². The smallest absolute Gasteiger partial charge is 0.263 e. The lowest BCUT2D eigenvalue weighted by molar-refractivity contribution is -0.137. The molecule has 0 fully saturated rings. The predicted molar refractivity (Wildman–Crippen MR) is 69.4 cm³/mol.